The van der Waals surface area contributed by atoms with Crippen molar-refractivity contribution in [1.29, 1.82) is 0 Å². The second-order valence-corrected chi connectivity index (χ2v) is 6.45. The summed E-state index contributed by atoms with van der Waals surface area (Å²) in [6.07, 6.45) is 19.0. The first-order valence-electron chi connectivity index (χ1n) is 9.46. The molecular formula is C24H24N4. The molecule has 0 fully saturated rings. The van der Waals surface area contributed by atoms with E-state index in [1.807, 2.05) is 49.1 Å². The smallest absolute Gasteiger partial charge is 0.0299 e. The van der Waals surface area contributed by atoms with Crippen molar-refractivity contribution in [2.45, 2.75) is 25.7 Å². The van der Waals surface area contributed by atoms with Gasteiger partial charge in [-0.2, -0.15) is 0 Å². The minimum Gasteiger partial charge on any atom is -0.264 e. The zero-order valence-corrected chi connectivity index (χ0v) is 15.9. The van der Waals surface area contributed by atoms with Gasteiger partial charge in [-0.3, -0.25) is 19.9 Å². The predicted molar refractivity (Wildman–Crippen MR) is 112 cm³/mol. The molecule has 4 rings (SSSR count). The average Bonchev–Trinajstić information content (AvgIpc) is 2.80. The highest BCUT2D eigenvalue weighted by Gasteiger charge is 1.95. The van der Waals surface area contributed by atoms with Crippen LogP contribution in [0.4, 0.5) is 0 Å². The molecule has 4 aromatic heterocycles. The van der Waals surface area contributed by atoms with Gasteiger partial charge in [0.1, 0.15) is 0 Å². The fraction of sp³-hybridized carbons (Fsp3) is 0.167. The lowest BCUT2D eigenvalue weighted by Crippen LogP contribution is -1.91. The maximum Gasteiger partial charge on any atom is 0.0299 e. The minimum atomic E-state index is 1.03. The van der Waals surface area contributed by atoms with Gasteiger partial charge in [0.05, 0.1) is 0 Å². The van der Waals surface area contributed by atoms with Crippen LogP contribution in [0.15, 0.2) is 98.1 Å². The summed E-state index contributed by atoms with van der Waals surface area (Å²) in [6.45, 7) is 0. The molecule has 4 heterocycles. The van der Waals surface area contributed by atoms with Crippen molar-refractivity contribution in [1.82, 2.24) is 19.9 Å². The Morgan fingerprint density at radius 3 is 0.821 bits per heavy atom. The Morgan fingerprint density at radius 1 is 0.393 bits per heavy atom. The Hall–Kier alpha value is -3.40. The molecule has 0 bridgehead atoms. The van der Waals surface area contributed by atoms with Crippen LogP contribution in [-0.4, -0.2) is 19.9 Å². The monoisotopic (exact) mass is 368 g/mol. The number of pyridine rings is 4. The number of nitrogens with zero attached hydrogens (tertiary/aromatic N) is 4. The van der Waals surface area contributed by atoms with E-state index in [0.717, 1.165) is 25.7 Å². The first-order chi connectivity index (χ1) is 13.9. The van der Waals surface area contributed by atoms with Crippen molar-refractivity contribution in [2.24, 2.45) is 0 Å². The second kappa shape index (κ2) is 11.3. The molecule has 28 heavy (non-hydrogen) atoms. The second-order valence-electron chi connectivity index (χ2n) is 6.45. The number of hydrogen-bond donors (Lipinski definition) is 0. The standard InChI is InChI=1S/2C12H12N2/c2*1-3-11(9-13-7-1)5-6-12-4-2-8-14-10-12/h2*1-4,7-10H,5-6H2. The fourth-order valence-corrected chi connectivity index (χ4v) is 2.76. The lowest BCUT2D eigenvalue weighted by atomic mass is 10.1. The molecule has 4 aromatic rings. The topological polar surface area (TPSA) is 51.6 Å². The number of hydrogen-bond acceptors (Lipinski definition) is 4. The molecule has 4 heteroatoms. The van der Waals surface area contributed by atoms with Gasteiger partial charge in [-0.1, -0.05) is 24.3 Å². The Morgan fingerprint density at radius 2 is 0.643 bits per heavy atom. The van der Waals surface area contributed by atoms with Gasteiger partial charge >= 0.3 is 0 Å². The third-order valence-corrected chi connectivity index (χ3v) is 4.30. The van der Waals surface area contributed by atoms with Crippen molar-refractivity contribution < 1.29 is 0 Å². The summed E-state index contributed by atoms with van der Waals surface area (Å²) < 4.78 is 0. The zero-order chi connectivity index (χ0) is 19.3. The van der Waals surface area contributed by atoms with Crippen LogP contribution in [0.5, 0.6) is 0 Å². The van der Waals surface area contributed by atoms with Crippen LogP contribution in [0.25, 0.3) is 0 Å². The Kier molecular flexibility index (Phi) is 7.84. The summed E-state index contributed by atoms with van der Waals surface area (Å²) in [5.74, 6) is 0. The molecule has 0 aliphatic carbocycles. The average molecular weight is 368 g/mol. The summed E-state index contributed by atoms with van der Waals surface area (Å²) in [6, 6.07) is 16.3. The highest BCUT2D eigenvalue weighted by molar-refractivity contribution is 5.15. The van der Waals surface area contributed by atoms with Gasteiger partial charge in [-0.05, 0) is 72.2 Å². The van der Waals surface area contributed by atoms with Gasteiger partial charge in [0, 0.05) is 49.6 Å². The van der Waals surface area contributed by atoms with Gasteiger partial charge < -0.3 is 0 Å². The van der Waals surface area contributed by atoms with Crippen LogP contribution >= 0.6 is 0 Å². The van der Waals surface area contributed by atoms with E-state index in [-0.39, 0.29) is 0 Å². The summed E-state index contributed by atoms with van der Waals surface area (Å²) in [5, 5.41) is 0. The lowest BCUT2D eigenvalue weighted by Gasteiger charge is -2.00. The third kappa shape index (κ3) is 7.08. The summed E-state index contributed by atoms with van der Waals surface area (Å²) in [7, 11) is 0. The van der Waals surface area contributed by atoms with Crippen LogP contribution in [0.2, 0.25) is 0 Å². The van der Waals surface area contributed by atoms with Crippen molar-refractivity contribution in [3.63, 3.8) is 0 Å². The molecule has 0 aromatic carbocycles. The first-order valence-corrected chi connectivity index (χ1v) is 9.46. The van der Waals surface area contributed by atoms with Gasteiger partial charge in [0.25, 0.3) is 0 Å². The molecule has 0 spiro atoms. The van der Waals surface area contributed by atoms with E-state index in [4.69, 9.17) is 0 Å². The SMILES string of the molecule is c1cncc(CCc2cccnc2)c1.c1cncc(CCc2cccnc2)c1. The molecule has 0 atom stereocenters. The number of aryl methyl sites for hydroxylation is 4. The summed E-state index contributed by atoms with van der Waals surface area (Å²) >= 11 is 0. The van der Waals surface area contributed by atoms with E-state index >= 15 is 0 Å². The van der Waals surface area contributed by atoms with Crippen molar-refractivity contribution >= 4 is 0 Å². The van der Waals surface area contributed by atoms with Crippen LogP contribution < -0.4 is 0 Å². The van der Waals surface area contributed by atoms with E-state index < -0.39 is 0 Å². The first kappa shape index (κ1) is 19.4. The number of rotatable bonds is 6. The summed E-state index contributed by atoms with van der Waals surface area (Å²) in [4.78, 5) is 16.3. The van der Waals surface area contributed by atoms with E-state index in [0.29, 0.717) is 0 Å². The molecule has 0 saturated carbocycles. The van der Waals surface area contributed by atoms with Crippen molar-refractivity contribution in [3.05, 3.63) is 120 Å². The quantitative estimate of drug-likeness (QED) is 0.502. The van der Waals surface area contributed by atoms with E-state index in [1.54, 1.807) is 24.8 Å². The molecular weight excluding hydrogens is 344 g/mol. The van der Waals surface area contributed by atoms with Gasteiger partial charge in [0.15, 0.2) is 0 Å². The van der Waals surface area contributed by atoms with Gasteiger partial charge in [-0.15, -0.1) is 0 Å². The van der Waals surface area contributed by atoms with E-state index in [9.17, 15) is 0 Å². The highest BCUT2D eigenvalue weighted by Crippen LogP contribution is 2.05. The molecule has 0 aliphatic rings. The Balaban J connectivity index is 0.000000161. The molecule has 0 N–H and O–H groups in total. The largest absolute Gasteiger partial charge is 0.264 e. The van der Waals surface area contributed by atoms with Gasteiger partial charge in [0.2, 0.25) is 0 Å². The van der Waals surface area contributed by atoms with Crippen LogP contribution in [0.1, 0.15) is 22.3 Å². The molecule has 0 amide bonds. The normalized spacial score (nSPS) is 10.0. The Labute approximate surface area is 166 Å². The molecule has 0 radical (unpaired) electrons. The predicted octanol–water partition coefficient (Wildman–Crippen LogP) is 4.52. The zero-order valence-electron chi connectivity index (χ0n) is 15.9. The summed E-state index contributed by atoms with van der Waals surface area (Å²) in [5.41, 5.74) is 5.10. The molecule has 0 aliphatic heterocycles. The van der Waals surface area contributed by atoms with Crippen LogP contribution in [0, 0.1) is 0 Å². The lowest BCUT2D eigenvalue weighted by molar-refractivity contribution is 0.941. The van der Waals surface area contributed by atoms with Crippen molar-refractivity contribution in [3.8, 4) is 0 Å². The maximum atomic E-state index is 4.08. The molecule has 4 nitrogen and oxygen atoms in total. The molecule has 140 valence electrons. The van der Waals surface area contributed by atoms with Gasteiger partial charge in [-0.25, -0.2) is 0 Å². The Bertz CT molecular complexity index is 740. The molecule has 0 unspecified atom stereocenters. The minimum absolute atomic E-state index is 1.03. The molecule has 0 saturated heterocycles. The highest BCUT2D eigenvalue weighted by atomic mass is 14.6. The fourth-order valence-electron chi connectivity index (χ4n) is 2.76. The van der Waals surface area contributed by atoms with Crippen LogP contribution in [-0.2, 0) is 25.7 Å². The van der Waals surface area contributed by atoms with E-state index in [2.05, 4.69) is 44.2 Å². The van der Waals surface area contributed by atoms with Crippen LogP contribution in [0.3, 0.4) is 0 Å². The maximum absolute atomic E-state index is 4.08. The number of aromatic nitrogens is 4. The van der Waals surface area contributed by atoms with Crippen molar-refractivity contribution in [2.75, 3.05) is 0 Å². The third-order valence-electron chi connectivity index (χ3n) is 4.30. The van der Waals surface area contributed by atoms with E-state index in [1.165, 1.54) is 22.3 Å².